The van der Waals surface area contributed by atoms with E-state index in [4.69, 9.17) is 11.6 Å². The molecule has 0 saturated carbocycles. The van der Waals surface area contributed by atoms with Gasteiger partial charge in [-0.3, -0.25) is 0 Å². The summed E-state index contributed by atoms with van der Waals surface area (Å²) in [6, 6.07) is 9.63. The molecule has 0 aliphatic rings. The molecule has 2 aromatic rings. The van der Waals surface area contributed by atoms with Gasteiger partial charge in [0, 0.05) is 4.90 Å². The molecule has 0 saturated heterocycles. The van der Waals surface area contributed by atoms with Crippen LogP contribution < -0.4 is 0 Å². The molecule has 0 fully saturated rings. The van der Waals surface area contributed by atoms with Crippen LogP contribution in [0.4, 0.5) is 4.39 Å². The van der Waals surface area contributed by atoms with E-state index >= 15 is 0 Å². The van der Waals surface area contributed by atoms with E-state index in [0.29, 0.717) is 5.15 Å². The van der Waals surface area contributed by atoms with Crippen LogP contribution in [0.1, 0.15) is 0 Å². The molecule has 0 spiro atoms. The van der Waals surface area contributed by atoms with Crippen molar-refractivity contribution in [2.24, 2.45) is 0 Å². The maximum atomic E-state index is 12.6. The minimum absolute atomic E-state index is 0.249. The molecule has 0 radical (unpaired) electrons. The zero-order valence-corrected chi connectivity index (χ0v) is 9.10. The number of aromatic nitrogens is 2. The van der Waals surface area contributed by atoms with Crippen LogP contribution in [0.25, 0.3) is 0 Å². The third-order valence-electron chi connectivity index (χ3n) is 1.64. The molecule has 1 heterocycles. The van der Waals surface area contributed by atoms with Crippen LogP contribution in [0, 0.1) is 5.82 Å². The molecule has 0 atom stereocenters. The molecule has 15 heavy (non-hydrogen) atoms. The molecule has 0 aliphatic heterocycles. The first-order valence-corrected chi connectivity index (χ1v) is 5.36. The fourth-order valence-corrected chi connectivity index (χ4v) is 1.81. The SMILES string of the molecule is Fc1ccc(Sc2ccc(Cl)nn2)cc1. The van der Waals surface area contributed by atoms with Crippen LogP contribution in [0.5, 0.6) is 0 Å². The Morgan fingerprint density at radius 2 is 1.73 bits per heavy atom. The zero-order valence-electron chi connectivity index (χ0n) is 7.52. The Kier molecular flexibility index (Phi) is 3.18. The van der Waals surface area contributed by atoms with E-state index in [0.717, 1.165) is 9.92 Å². The molecule has 0 bridgehead atoms. The Morgan fingerprint density at radius 1 is 1.00 bits per heavy atom. The van der Waals surface area contributed by atoms with Gasteiger partial charge < -0.3 is 0 Å². The summed E-state index contributed by atoms with van der Waals surface area (Å²) < 4.78 is 12.6. The van der Waals surface area contributed by atoms with Crippen molar-refractivity contribution in [2.45, 2.75) is 9.92 Å². The lowest BCUT2D eigenvalue weighted by Gasteiger charge is -1.99. The third kappa shape index (κ3) is 2.91. The van der Waals surface area contributed by atoms with E-state index in [2.05, 4.69) is 10.2 Å². The summed E-state index contributed by atoms with van der Waals surface area (Å²) in [5, 5.41) is 8.68. The molecule has 1 aromatic carbocycles. The van der Waals surface area contributed by atoms with Gasteiger partial charge in [-0.25, -0.2) is 4.39 Å². The van der Waals surface area contributed by atoms with Gasteiger partial charge in [0.15, 0.2) is 5.15 Å². The van der Waals surface area contributed by atoms with E-state index in [-0.39, 0.29) is 5.82 Å². The van der Waals surface area contributed by atoms with Gasteiger partial charge in [-0.1, -0.05) is 23.4 Å². The van der Waals surface area contributed by atoms with E-state index in [1.54, 1.807) is 24.3 Å². The molecule has 1 aromatic heterocycles. The largest absolute Gasteiger partial charge is 0.207 e. The molecular weight excluding hydrogens is 235 g/mol. The number of benzene rings is 1. The minimum Gasteiger partial charge on any atom is -0.207 e. The molecule has 76 valence electrons. The summed E-state index contributed by atoms with van der Waals surface area (Å²) in [6.45, 7) is 0. The molecule has 0 aliphatic carbocycles. The van der Waals surface area contributed by atoms with Gasteiger partial charge in [0.25, 0.3) is 0 Å². The Labute approximate surface area is 95.5 Å². The summed E-state index contributed by atoms with van der Waals surface area (Å²) in [5.74, 6) is -0.249. The second-order valence-electron chi connectivity index (χ2n) is 2.75. The molecule has 5 heteroatoms. The fraction of sp³-hybridized carbons (Fsp3) is 0. The van der Waals surface area contributed by atoms with Crippen LogP contribution in [-0.2, 0) is 0 Å². The number of hydrogen-bond donors (Lipinski definition) is 0. The van der Waals surface area contributed by atoms with Crippen molar-refractivity contribution in [2.75, 3.05) is 0 Å². The molecule has 2 rings (SSSR count). The van der Waals surface area contributed by atoms with Crippen LogP contribution in [-0.4, -0.2) is 10.2 Å². The topological polar surface area (TPSA) is 25.8 Å². The number of halogens is 2. The number of rotatable bonds is 2. The highest BCUT2D eigenvalue weighted by Gasteiger charge is 1.99. The normalized spacial score (nSPS) is 10.3. The van der Waals surface area contributed by atoms with Crippen molar-refractivity contribution in [1.29, 1.82) is 0 Å². The first-order chi connectivity index (χ1) is 7.24. The summed E-state index contributed by atoms with van der Waals surface area (Å²) in [6.07, 6.45) is 0. The Bertz CT molecular complexity index is 400. The fourth-order valence-electron chi connectivity index (χ4n) is 0.982. The second-order valence-corrected chi connectivity index (χ2v) is 4.23. The molecule has 0 unspecified atom stereocenters. The lowest BCUT2D eigenvalue weighted by Crippen LogP contribution is -1.84. The zero-order chi connectivity index (χ0) is 10.7. The van der Waals surface area contributed by atoms with E-state index in [1.165, 1.54) is 23.9 Å². The Balaban J connectivity index is 2.15. The van der Waals surface area contributed by atoms with E-state index < -0.39 is 0 Å². The van der Waals surface area contributed by atoms with Crippen molar-refractivity contribution in [3.8, 4) is 0 Å². The van der Waals surface area contributed by atoms with Crippen molar-refractivity contribution in [3.05, 3.63) is 47.4 Å². The number of nitrogens with zero attached hydrogens (tertiary/aromatic N) is 2. The lowest BCUT2D eigenvalue weighted by atomic mass is 10.4. The Morgan fingerprint density at radius 3 is 2.33 bits per heavy atom. The maximum absolute atomic E-state index is 12.6. The summed E-state index contributed by atoms with van der Waals surface area (Å²) in [4.78, 5) is 0.910. The first kappa shape index (κ1) is 10.4. The van der Waals surface area contributed by atoms with Gasteiger partial charge in [-0.2, -0.15) is 0 Å². The smallest absolute Gasteiger partial charge is 0.151 e. The highest BCUT2D eigenvalue weighted by molar-refractivity contribution is 7.99. The van der Waals surface area contributed by atoms with Crippen molar-refractivity contribution in [3.63, 3.8) is 0 Å². The van der Waals surface area contributed by atoms with Gasteiger partial charge in [0.2, 0.25) is 0 Å². The third-order valence-corrected chi connectivity index (χ3v) is 2.78. The van der Waals surface area contributed by atoms with Crippen LogP contribution in [0.15, 0.2) is 46.3 Å². The van der Waals surface area contributed by atoms with E-state index in [9.17, 15) is 4.39 Å². The molecule has 0 amide bonds. The van der Waals surface area contributed by atoms with Crippen LogP contribution in [0.2, 0.25) is 5.15 Å². The molecular formula is C10H6ClFN2S. The molecule has 0 N–H and O–H groups in total. The van der Waals surface area contributed by atoms with Crippen molar-refractivity contribution < 1.29 is 4.39 Å². The van der Waals surface area contributed by atoms with Crippen molar-refractivity contribution >= 4 is 23.4 Å². The van der Waals surface area contributed by atoms with E-state index in [1.807, 2.05) is 0 Å². The average molecular weight is 241 g/mol. The maximum Gasteiger partial charge on any atom is 0.151 e. The van der Waals surface area contributed by atoms with Crippen LogP contribution >= 0.6 is 23.4 Å². The lowest BCUT2D eigenvalue weighted by molar-refractivity contribution is 0.626. The van der Waals surface area contributed by atoms with Gasteiger partial charge in [-0.05, 0) is 36.4 Å². The summed E-state index contributed by atoms with van der Waals surface area (Å²) in [7, 11) is 0. The predicted molar refractivity (Wildman–Crippen MR) is 57.6 cm³/mol. The summed E-state index contributed by atoms with van der Waals surface area (Å²) >= 11 is 7.01. The highest BCUT2D eigenvalue weighted by atomic mass is 35.5. The monoisotopic (exact) mass is 240 g/mol. The average Bonchev–Trinajstić information content (AvgIpc) is 2.25. The number of hydrogen-bond acceptors (Lipinski definition) is 3. The highest BCUT2D eigenvalue weighted by Crippen LogP contribution is 2.25. The Hall–Kier alpha value is -1.13. The van der Waals surface area contributed by atoms with Gasteiger partial charge in [0.1, 0.15) is 10.8 Å². The quantitative estimate of drug-likeness (QED) is 0.805. The molecule has 2 nitrogen and oxygen atoms in total. The first-order valence-electron chi connectivity index (χ1n) is 4.17. The van der Waals surface area contributed by atoms with Crippen molar-refractivity contribution in [1.82, 2.24) is 10.2 Å². The summed E-state index contributed by atoms with van der Waals surface area (Å²) in [5.41, 5.74) is 0. The van der Waals surface area contributed by atoms with Gasteiger partial charge in [-0.15, -0.1) is 10.2 Å². The standard InChI is InChI=1S/C10H6ClFN2S/c11-9-5-6-10(14-13-9)15-8-3-1-7(12)2-4-8/h1-6H. The van der Waals surface area contributed by atoms with Crippen LogP contribution in [0.3, 0.4) is 0 Å². The van der Waals surface area contributed by atoms with Gasteiger partial charge in [0.05, 0.1) is 0 Å². The minimum atomic E-state index is -0.249. The van der Waals surface area contributed by atoms with Gasteiger partial charge >= 0.3 is 0 Å². The second kappa shape index (κ2) is 4.59. The predicted octanol–water partition coefficient (Wildman–Crippen LogP) is 3.42.